The number of carbonyl (C=O) groups is 2. The van der Waals surface area contributed by atoms with Crippen molar-refractivity contribution < 1.29 is 34.8 Å². The molecule has 0 saturated heterocycles. The Hall–Kier alpha value is -5.96. The van der Waals surface area contributed by atoms with Crippen molar-refractivity contribution in [3.05, 3.63) is 139 Å². The number of benzene rings is 5. The normalized spacial score (nSPS) is 13.4. The minimum absolute atomic E-state index is 0.0985. The summed E-state index contributed by atoms with van der Waals surface area (Å²) in [5.74, 6) is 0.625. The summed E-state index contributed by atoms with van der Waals surface area (Å²) in [6.45, 7) is 27.3. The molecule has 0 heterocycles. The lowest BCUT2D eigenvalue weighted by Crippen LogP contribution is -2.21. The second kappa shape index (κ2) is 16.4. The first kappa shape index (κ1) is 45.6. The lowest BCUT2D eigenvalue weighted by Gasteiger charge is -2.27. The van der Waals surface area contributed by atoms with Crippen LogP contribution in [0.3, 0.4) is 0 Å². The van der Waals surface area contributed by atoms with Gasteiger partial charge in [-0.25, -0.2) is 9.59 Å². The van der Waals surface area contributed by atoms with Gasteiger partial charge in [-0.3, -0.25) is 10.6 Å². The quantitative estimate of drug-likeness (QED) is 0.104. The lowest BCUT2D eigenvalue weighted by atomic mass is 9.79. The zero-order valence-electron chi connectivity index (χ0n) is 38.7. The minimum Gasteiger partial charge on any atom is -0.507 e. The highest BCUT2D eigenvalue weighted by atomic mass is 16.6. The molecule has 9 heteroatoms. The van der Waals surface area contributed by atoms with Crippen molar-refractivity contribution >= 4 is 23.6 Å². The van der Waals surface area contributed by atoms with Crippen LogP contribution < -0.4 is 15.4 Å². The molecule has 0 aromatic heterocycles. The Balaban J connectivity index is 1.66. The van der Waals surface area contributed by atoms with E-state index in [9.17, 15) is 30.0 Å². The van der Waals surface area contributed by atoms with Gasteiger partial charge in [0, 0.05) is 48.2 Å². The second-order valence-corrected chi connectivity index (χ2v) is 21.2. The molecule has 0 aliphatic heterocycles. The summed E-state index contributed by atoms with van der Waals surface area (Å²) in [7, 11) is 0. The van der Waals surface area contributed by atoms with Crippen LogP contribution >= 0.6 is 0 Å². The van der Waals surface area contributed by atoms with Crippen molar-refractivity contribution in [2.45, 2.75) is 137 Å². The van der Waals surface area contributed by atoms with Gasteiger partial charge < -0.3 is 25.2 Å². The van der Waals surface area contributed by atoms with Crippen LogP contribution in [-0.4, -0.2) is 32.6 Å². The summed E-state index contributed by atoms with van der Waals surface area (Å²) in [6, 6.07) is 21.0. The summed E-state index contributed by atoms with van der Waals surface area (Å²) in [4.78, 5) is 25.6. The van der Waals surface area contributed by atoms with Crippen molar-refractivity contribution in [1.82, 2.24) is 0 Å². The van der Waals surface area contributed by atoms with Gasteiger partial charge >= 0.3 is 12.2 Å². The number of carbonyl (C=O) groups excluding carboxylic acids is 1. The van der Waals surface area contributed by atoms with Crippen LogP contribution in [0.2, 0.25) is 0 Å². The number of carboxylic acid groups (broad SMARTS) is 1. The Morgan fingerprint density at radius 1 is 0.484 bits per heavy atom. The second-order valence-electron chi connectivity index (χ2n) is 21.2. The molecule has 0 radical (unpaired) electrons. The third-order valence-electron chi connectivity index (χ3n) is 12.0. The van der Waals surface area contributed by atoms with E-state index >= 15 is 0 Å². The van der Waals surface area contributed by atoms with Crippen molar-refractivity contribution in [1.29, 1.82) is 0 Å². The molecule has 0 unspecified atom stereocenters. The zero-order chi connectivity index (χ0) is 45.9. The van der Waals surface area contributed by atoms with Crippen LogP contribution in [0.4, 0.5) is 21.0 Å². The topological polar surface area (TPSA) is 148 Å². The molecule has 5 aromatic rings. The first-order valence-corrected chi connectivity index (χ1v) is 21.4. The number of rotatable bonds is 3. The first-order valence-electron chi connectivity index (χ1n) is 21.4. The van der Waals surface area contributed by atoms with Gasteiger partial charge in [-0.15, -0.1) is 0 Å². The van der Waals surface area contributed by atoms with Gasteiger partial charge in [0.2, 0.25) is 0 Å². The minimum atomic E-state index is -1.23. The van der Waals surface area contributed by atoms with Gasteiger partial charge in [-0.2, -0.15) is 0 Å². The number of amides is 2. The fourth-order valence-electron chi connectivity index (χ4n) is 7.98. The van der Waals surface area contributed by atoms with Crippen molar-refractivity contribution in [3.63, 3.8) is 0 Å². The molecular formula is C53H64N2O7. The number of nitrogens with one attached hydrogen (secondary N) is 2. The maximum absolute atomic E-state index is 14.1. The summed E-state index contributed by atoms with van der Waals surface area (Å²) in [5.41, 5.74) is 9.41. The van der Waals surface area contributed by atoms with Gasteiger partial charge in [0.15, 0.2) is 0 Å². The third kappa shape index (κ3) is 10.0. The maximum atomic E-state index is 14.1. The van der Waals surface area contributed by atoms with Gasteiger partial charge in [0.25, 0.3) is 0 Å². The molecule has 0 spiro atoms. The number of hydrogen-bond donors (Lipinski definition) is 6. The fraction of sp³-hybridized carbons (Fsp3) is 0.396. The van der Waals surface area contributed by atoms with Crippen LogP contribution in [0.5, 0.6) is 23.0 Å². The highest BCUT2D eigenvalue weighted by Crippen LogP contribution is 2.43. The zero-order valence-corrected chi connectivity index (χ0v) is 38.7. The molecule has 9 nitrogen and oxygen atoms in total. The molecule has 328 valence electrons. The average Bonchev–Trinajstić information content (AvgIpc) is 3.13. The Kier molecular flexibility index (Phi) is 12.0. The number of aromatic hydroxyl groups is 3. The Morgan fingerprint density at radius 2 is 0.790 bits per heavy atom. The smallest absolute Gasteiger partial charge is 0.417 e. The molecule has 1 aliphatic carbocycles. The Labute approximate surface area is 367 Å². The third-order valence-corrected chi connectivity index (χ3v) is 12.0. The Morgan fingerprint density at radius 3 is 1.10 bits per heavy atom. The predicted octanol–water partition coefficient (Wildman–Crippen LogP) is 12.7. The summed E-state index contributed by atoms with van der Waals surface area (Å²) >= 11 is 0. The van der Waals surface area contributed by atoms with E-state index in [0.717, 1.165) is 22.3 Å². The first-order chi connectivity index (χ1) is 28.6. The van der Waals surface area contributed by atoms with Gasteiger partial charge in [-0.05, 0) is 102 Å². The van der Waals surface area contributed by atoms with Crippen LogP contribution in [-0.2, 0) is 47.3 Å². The van der Waals surface area contributed by atoms with Crippen molar-refractivity contribution in [2.75, 3.05) is 10.6 Å². The molecule has 6 rings (SSSR count). The van der Waals surface area contributed by atoms with Crippen LogP contribution in [0.1, 0.15) is 155 Å². The van der Waals surface area contributed by atoms with E-state index in [1.807, 2.05) is 48.5 Å². The summed E-state index contributed by atoms with van der Waals surface area (Å²) in [5, 5.41) is 51.3. The number of anilines is 2. The van der Waals surface area contributed by atoms with E-state index in [1.54, 1.807) is 19.1 Å². The fourth-order valence-corrected chi connectivity index (χ4v) is 7.98. The summed E-state index contributed by atoms with van der Waals surface area (Å²) in [6.07, 6.45) is -1.13. The van der Waals surface area contributed by atoms with E-state index in [4.69, 9.17) is 4.74 Å². The van der Waals surface area contributed by atoms with Gasteiger partial charge in [0.1, 0.15) is 23.0 Å². The predicted molar refractivity (Wildman–Crippen MR) is 249 cm³/mol. The van der Waals surface area contributed by atoms with E-state index in [0.29, 0.717) is 61.5 Å². The van der Waals surface area contributed by atoms with E-state index in [2.05, 4.69) is 93.7 Å². The highest BCUT2D eigenvalue weighted by Gasteiger charge is 2.29. The SMILES string of the molecule is Cc1ccc(NC(=O)O)cc1NC(=O)Oc1c2cc(C(C)(C)C)cc1Cc1cc(C(C)(C)C)cc(c1O)Cc1cc(C(C)(C)C)cc(c1O)Cc1cc(C(C)(C)C)cc(c1O)C2. The molecule has 0 atom stereocenters. The molecule has 1 aliphatic rings. The molecule has 62 heavy (non-hydrogen) atoms. The molecule has 8 bridgehead atoms. The number of aryl methyl sites for hydroxylation is 1. The van der Waals surface area contributed by atoms with Crippen molar-refractivity contribution in [2.24, 2.45) is 0 Å². The highest BCUT2D eigenvalue weighted by molar-refractivity contribution is 5.90. The van der Waals surface area contributed by atoms with E-state index in [-0.39, 0.29) is 70.3 Å². The molecular weight excluding hydrogens is 777 g/mol. The number of phenolic OH excluding ortho intramolecular Hbond substituents is 3. The van der Waals surface area contributed by atoms with E-state index in [1.165, 1.54) is 6.07 Å². The maximum Gasteiger partial charge on any atom is 0.417 e. The Bertz CT molecular complexity index is 2460. The molecule has 0 saturated carbocycles. The van der Waals surface area contributed by atoms with Crippen LogP contribution in [0, 0.1) is 6.92 Å². The average molecular weight is 841 g/mol. The van der Waals surface area contributed by atoms with Crippen LogP contribution in [0.15, 0.2) is 66.7 Å². The number of phenols is 3. The molecule has 2 amide bonds. The lowest BCUT2D eigenvalue weighted by molar-refractivity contribution is 0.209. The largest absolute Gasteiger partial charge is 0.507 e. The van der Waals surface area contributed by atoms with E-state index < -0.39 is 12.2 Å². The van der Waals surface area contributed by atoms with Crippen molar-refractivity contribution in [3.8, 4) is 23.0 Å². The monoisotopic (exact) mass is 840 g/mol. The van der Waals surface area contributed by atoms with Gasteiger partial charge in [-0.1, -0.05) is 138 Å². The number of ether oxygens (including phenoxy) is 1. The summed E-state index contributed by atoms with van der Waals surface area (Å²) < 4.78 is 6.40. The number of hydrogen-bond acceptors (Lipinski definition) is 6. The molecule has 6 N–H and O–H groups in total. The molecule has 0 fully saturated rings. The standard InChI is InChI=1S/C53H64N2O7/c1-29-14-15-42(54-48(59)60)28-43(29)55-49(61)62-47-36-18-34-24-39(51(5,6)7)22-32(45(34)57)16-30-20-38(50(2,3)4)21-31(44(30)56)17-33-23-40(52(8,9)10)25-35(46(33)58)19-37(47)27-41(26-36)53(11,12)13/h14-15,20-28,54,56-58H,16-19H2,1-13H3,(H,55,61)(H,59,60). The molecule has 5 aromatic carbocycles. The van der Waals surface area contributed by atoms with Crippen LogP contribution in [0.25, 0.3) is 0 Å². The van der Waals surface area contributed by atoms with Gasteiger partial charge in [0.05, 0.1) is 0 Å². The number of fused-ring (bicyclic) bond motifs is 8.